The fourth-order valence-corrected chi connectivity index (χ4v) is 1.12. The van der Waals surface area contributed by atoms with Crippen LogP contribution in [-0.2, 0) is 13.5 Å². The van der Waals surface area contributed by atoms with Crippen molar-refractivity contribution in [2.24, 2.45) is 18.2 Å². The molecule has 13 heavy (non-hydrogen) atoms. The smallest absolute Gasteiger partial charge is 0.175 e. The van der Waals surface area contributed by atoms with Gasteiger partial charge in [0.1, 0.15) is 0 Å². The second kappa shape index (κ2) is 3.83. The average molecular weight is 183 g/mol. The van der Waals surface area contributed by atoms with Gasteiger partial charge in [-0.1, -0.05) is 13.8 Å². The molecular weight excluding hydrogens is 166 g/mol. The molecule has 1 aromatic rings. The third kappa shape index (κ3) is 2.48. The monoisotopic (exact) mass is 183 g/mol. The Morgan fingerprint density at radius 2 is 2.23 bits per heavy atom. The Hall–Kier alpha value is -0.970. The van der Waals surface area contributed by atoms with Crippen molar-refractivity contribution in [2.75, 3.05) is 6.54 Å². The normalized spacial score (nSPS) is 15.7. The maximum atomic E-state index is 5.69. The highest BCUT2D eigenvalue weighted by molar-refractivity contribution is 4.88. The van der Waals surface area contributed by atoms with Crippen molar-refractivity contribution in [3.8, 4) is 0 Å². The standard InChI is InChI=1S/C8H17N5/c1-4-8(2,6-9)5-7-10-12-13(3)11-7/h4-6,9H2,1-3H3. The van der Waals surface area contributed by atoms with Crippen molar-refractivity contribution in [2.45, 2.75) is 26.7 Å². The van der Waals surface area contributed by atoms with Crippen LogP contribution >= 0.6 is 0 Å². The number of hydrogen-bond donors (Lipinski definition) is 1. The van der Waals surface area contributed by atoms with Gasteiger partial charge in [-0.05, 0) is 23.6 Å². The Balaban J connectivity index is 2.67. The van der Waals surface area contributed by atoms with Gasteiger partial charge in [-0.2, -0.15) is 4.80 Å². The number of hydrogen-bond acceptors (Lipinski definition) is 4. The van der Waals surface area contributed by atoms with Gasteiger partial charge in [0, 0.05) is 6.42 Å². The number of nitrogens with two attached hydrogens (primary N) is 1. The van der Waals surface area contributed by atoms with Crippen LogP contribution < -0.4 is 5.73 Å². The molecule has 1 aromatic heterocycles. The molecule has 5 nitrogen and oxygen atoms in total. The average Bonchev–Trinajstić information content (AvgIpc) is 2.51. The van der Waals surface area contributed by atoms with E-state index in [0.29, 0.717) is 6.54 Å². The molecule has 1 rings (SSSR count). The fraction of sp³-hybridized carbons (Fsp3) is 0.875. The summed E-state index contributed by atoms with van der Waals surface area (Å²) >= 11 is 0. The molecule has 74 valence electrons. The van der Waals surface area contributed by atoms with Gasteiger partial charge in [0.25, 0.3) is 0 Å². The van der Waals surface area contributed by atoms with E-state index in [0.717, 1.165) is 18.7 Å². The van der Waals surface area contributed by atoms with E-state index in [4.69, 9.17) is 5.73 Å². The van der Waals surface area contributed by atoms with Crippen LogP contribution in [-0.4, -0.2) is 26.8 Å². The lowest BCUT2D eigenvalue weighted by molar-refractivity contribution is 0.313. The van der Waals surface area contributed by atoms with Crippen LogP contribution in [0.1, 0.15) is 26.1 Å². The van der Waals surface area contributed by atoms with Gasteiger partial charge in [0.15, 0.2) is 5.82 Å². The molecule has 0 spiro atoms. The summed E-state index contributed by atoms with van der Waals surface area (Å²) in [5.41, 5.74) is 5.79. The lowest BCUT2D eigenvalue weighted by atomic mass is 9.84. The van der Waals surface area contributed by atoms with E-state index in [1.165, 1.54) is 4.80 Å². The zero-order valence-corrected chi connectivity index (χ0v) is 8.49. The molecule has 0 saturated heterocycles. The quantitative estimate of drug-likeness (QED) is 0.720. The minimum Gasteiger partial charge on any atom is -0.330 e. The minimum absolute atomic E-state index is 0.100. The van der Waals surface area contributed by atoms with Crippen LogP contribution in [0, 0.1) is 5.41 Å². The first-order valence-electron chi connectivity index (χ1n) is 4.52. The van der Waals surface area contributed by atoms with Crippen molar-refractivity contribution in [1.29, 1.82) is 0 Å². The van der Waals surface area contributed by atoms with E-state index in [9.17, 15) is 0 Å². The van der Waals surface area contributed by atoms with Crippen LogP contribution in [0.15, 0.2) is 0 Å². The predicted octanol–water partition coefficient (Wildman–Crippen LogP) is 0.128. The maximum absolute atomic E-state index is 5.69. The fourth-order valence-electron chi connectivity index (χ4n) is 1.12. The summed E-state index contributed by atoms with van der Waals surface area (Å²) in [5.74, 6) is 0.775. The molecule has 0 amide bonds. The van der Waals surface area contributed by atoms with Crippen molar-refractivity contribution >= 4 is 0 Å². The van der Waals surface area contributed by atoms with Crippen LogP contribution in [0.4, 0.5) is 0 Å². The first kappa shape index (κ1) is 10.1. The molecule has 0 bridgehead atoms. The van der Waals surface area contributed by atoms with E-state index in [1.54, 1.807) is 7.05 Å². The van der Waals surface area contributed by atoms with Gasteiger partial charge in [-0.3, -0.25) is 0 Å². The summed E-state index contributed by atoms with van der Waals surface area (Å²) in [5, 5.41) is 11.9. The summed E-state index contributed by atoms with van der Waals surface area (Å²) in [6.07, 6.45) is 1.83. The minimum atomic E-state index is 0.100. The van der Waals surface area contributed by atoms with E-state index >= 15 is 0 Å². The molecule has 1 unspecified atom stereocenters. The molecule has 1 heterocycles. The molecule has 0 aliphatic rings. The third-order valence-electron chi connectivity index (χ3n) is 2.48. The van der Waals surface area contributed by atoms with E-state index < -0.39 is 0 Å². The zero-order chi connectivity index (χ0) is 9.90. The number of tetrazole rings is 1. The highest BCUT2D eigenvalue weighted by atomic mass is 15.6. The van der Waals surface area contributed by atoms with Gasteiger partial charge in [0.05, 0.1) is 7.05 Å². The van der Waals surface area contributed by atoms with Crippen molar-refractivity contribution in [1.82, 2.24) is 20.2 Å². The summed E-state index contributed by atoms with van der Waals surface area (Å²) < 4.78 is 0. The Morgan fingerprint density at radius 3 is 2.62 bits per heavy atom. The topological polar surface area (TPSA) is 69.6 Å². The molecule has 0 aliphatic carbocycles. The van der Waals surface area contributed by atoms with Gasteiger partial charge in [0.2, 0.25) is 0 Å². The third-order valence-corrected chi connectivity index (χ3v) is 2.48. The highest BCUT2D eigenvalue weighted by Crippen LogP contribution is 2.22. The van der Waals surface area contributed by atoms with Gasteiger partial charge >= 0.3 is 0 Å². The first-order chi connectivity index (χ1) is 6.09. The van der Waals surface area contributed by atoms with Gasteiger partial charge in [-0.25, -0.2) is 0 Å². The van der Waals surface area contributed by atoms with E-state index in [1.807, 2.05) is 0 Å². The SMILES string of the molecule is CCC(C)(CN)Cc1nnn(C)n1. The Labute approximate surface area is 78.3 Å². The van der Waals surface area contributed by atoms with Gasteiger partial charge in [-0.15, -0.1) is 10.2 Å². The van der Waals surface area contributed by atoms with E-state index in [-0.39, 0.29) is 5.41 Å². The van der Waals surface area contributed by atoms with Crippen molar-refractivity contribution in [3.05, 3.63) is 5.82 Å². The number of rotatable bonds is 4. The van der Waals surface area contributed by atoms with Crippen LogP contribution in [0.5, 0.6) is 0 Å². The molecule has 0 aliphatic heterocycles. The lowest BCUT2D eigenvalue weighted by Gasteiger charge is -2.24. The Kier molecular flexibility index (Phi) is 2.98. The molecule has 2 N–H and O–H groups in total. The molecule has 0 saturated carbocycles. The summed E-state index contributed by atoms with van der Waals surface area (Å²) in [6, 6.07) is 0. The number of aromatic nitrogens is 4. The van der Waals surface area contributed by atoms with E-state index in [2.05, 4.69) is 29.3 Å². The lowest BCUT2D eigenvalue weighted by Crippen LogP contribution is -2.29. The maximum Gasteiger partial charge on any atom is 0.175 e. The summed E-state index contributed by atoms with van der Waals surface area (Å²) in [7, 11) is 1.77. The van der Waals surface area contributed by atoms with Gasteiger partial charge < -0.3 is 5.73 Å². The largest absolute Gasteiger partial charge is 0.330 e. The first-order valence-corrected chi connectivity index (χ1v) is 4.52. The molecule has 0 radical (unpaired) electrons. The summed E-state index contributed by atoms with van der Waals surface area (Å²) in [6.45, 7) is 4.92. The van der Waals surface area contributed by atoms with Crippen LogP contribution in [0.25, 0.3) is 0 Å². The number of nitrogens with zero attached hydrogens (tertiary/aromatic N) is 4. The van der Waals surface area contributed by atoms with Crippen molar-refractivity contribution < 1.29 is 0 Å². The molecule has 0 fully saturated rings. The Morgan fingerprint density at radius 1 is 1.54 bits per heavy atom. The second-order valence-corrected chi connectivity index (χ2v) is 3.74. The number of aryl methyl sites for hydroxylation is 1. The van der Waals surface area contributed by atoms with Crippen molar-refractivity contribution in [3.63, 3.8) is 0 Å². The molecule has 5 heteroatoms. The second-order valence-electron chi connectivity index (χ2n) is 3.74. The van der Waals surface area contributed by atoms with Crippen LogP contribution in [0.2, 0.25) is 0 Å². The molecular formula is C8H17N5. The summed E-state index contributed by atoms with van der Waals surface area (Å²) in [4.78, 5) is 1.47. The molecule has 0 aromatic carbocycles. The highest BCUT2D eigenvalue weighted by Gasteiger charge is 2.22. The predicted molar refractivity (Wildman–Crippen MR) is 50.0 cm³/mol. The Bertz CT molecular complexity index is 263. The zero-order valence-electron chi connectivity index (χ0n) is 8.49. The van der Waals surface area contributed by atoms with Crippen LogP contribution in [0.3, 0.4) is 0 Å². The molecule has 1 atom stereocenters.